The maximum absolute atomic E-state index is 12.8. The van der Waals surface area contributed by atoms with E-state index in [1.54, 1.807) is 12.1 Å². The van der Waals surface area contributed by atoms with Crippen molar-refractivity contribution in [2.24, 2.45) is 0 Å². The third kappa shape index (κ3) is 3.58. The van der Waals surface area contributed by atoms with Crippen LogP contribution in [0.4, 0.5) is 15.9 Å². The fraction of sp³-hybridized carbons (Fsp3) is 0.312. The van der Waals surface area contributed by atoms with E-state index in [0.717, 1.165) is 12.8 Å². The first kappa shape index (κ1) is 14.4. The quantitative estimate of drug-likeness (QED) is 0.909. The number of carbonyl (C=O) groups is 1. The Kier molecular flexibility index (Phi) is 4.27. The van der Waals surface area contributed by atoms with Crippen LogP contribution in [0.25, 0.3) is 0 Å². The molecule has 1 aromatic carbocycles. The lowest BCUT2D eigenvalue weighted by Gasteiger charge is -2.11. The van der Waals surface area contributed by atoms with Crippen molar-refractivity contribution in [3.05, 3.63) is 47.9 Å². The number of rotatable bonds is 4. The molecule has 0 atom stereocenters. The summed E-state index contributed by atoms with van der Waals surface area (Å²) < 4.78 is 12.8. The van der Waals surface area contributed by atoms with Gasteiger partial charge in [-0.05, 0) is 49.2 Å². The van der Waals surface area contributed by atoms with E-state index in [0.29, 0.717) is 17.5 Å². The summed E-state index contributed by atoms with van der Waals surface area (Å²) in [6, 6.07) is 9.40. The third-order valence-electron chi connectivity index (χ3n) is 3.71. The average molecular weight is 300 g/mol. The van der Waals surface area contributed by atoms with Gasteiger partial charge in [-0.3, -0.25) is 4.79 Å². The van der Waals surface area contributed by atoms with Gasteiger partial charge in [0.25, 0.3) is 5.91 Å². The normalized spacial score (nSPS) is 14.8. The van der Waals surface area contributed by atoms with Crippen LogP contribution in [0, 0.1) is 5.82 Å². The molecule has 2 aromatic rings. The van der Waals surface area contributed by atoms with Crippen molar-refractivity contribution in [1.29, 1.82) is 0 Å². The molecular formula is C16H17FN4O. The number of hydrogen-bond donors (Lipinski definition) is 2. The van der Waals surface area contributed by atoms with Gasteiger partial charge in [0.15, 0.2) is 5.69 Å². The van der Waals surface area contributed by atoms with Gasteiger partial charge in [-0.2, -0.15) is 0 Å². The topological polar surface area (TPSA) is 66.9 Å². The third-order valence-corrected chi connectivity index (χ3v) is 3.71. The molecule has 22 heavy (non-hydrogen) atoms. The number of anilines is 2. The number of nitrogens with one attached hydrogen (secondary N) is 2. The predicted octanol–water partition coefficient (Wildman–Crippen LogP) is 3.22. The summed E-state index contributed by atoms with van der Waals surface area (Å²) in [5.74, 6) is -0.0307. The molecular weight excluding hydrogens is 283 g/mol. The number of aromatic nitrogens is 2. The number of halogens is 1. The molecule has 114 valence electrons. The van der Waals surface area contributed by atoms with Gasteiger partial charge in [0.05, 0.1) is 0 Å². The Hall–Kier alpha value is -2.50. The molecule has 1 heterocycles. The molecule has 1 aliphatic carbocycles. The first-order valence-electron chi connectivity index (χ1n) is 7.38. The van der Waals surface area contributed by atoms with E-state index in [2.05, 4.69) is 20.8 Å². The molecule has 1 aliphatic rings. The smallest absolute Gasteiger partial charge is 0.276 e. The minimum Gasteiger partial charge on any atom is -0.366 e. The van der Waals surface area contributed by atoms with Gasteiger partial charge in [-0.1, -0.05) is 12.8 Å². The first-order valence-corrected chi connectivity index (χ1v) is 7.38. The number of nitrogens with zero attached hydrogens (tertiary/aromatic N) is 2. The largest absolute Gasteiger partial charge is 0.366 e. The van der Waals surface area contributed by atoms with E-state index in [1.807, 2.05) is 0 Å². The van der Waals surface area contributed by atoms with Gasteiger partial charge in [0.2, 0.25) is 0 Å². The molecule has 1 amide bonds. The van der Waals surface area contributed by atoms with Crippen LogP contribution in [0.5, 0.6) is 0 Å². The molecule has 2 N–H and O–H groups in total. The summed E-state index contributed by atoms with van der Waals surface area (Å²) in [6.07, 6.45) is 4.77. The number of carbonyl (C=O) groups excluding carboxylic acids is 1. The lowest BCUT2D eigenvalue weighted by molar-refractivity contribution is 0.102. The van der Waals surface area contributed by atoms with E-state index in [9.17, 15) is 9.18 Å². The molecule has 5 nitrogen and oxygen atoms in total. The molecule has 1 fully saturated rings. The molecule has 0 bridgehead atoms. The average Bonchev–Trinajstić information content (AvgIpc) is 3.03. The summed E-state index contributed by atoms with van der Waals surface area (Å²) in [4.78, 5) is 12.0. The van der Waals surface area contributed by atoms with Crippen LogP contribution in [0.3, 0.4) is 0 Å². The van der Waals surface area contributed by atoms with Crippen LogP contribution < -0.4 is 10.6 Å². The van der Waals surface area contributed by atoms with Gasteiger partial charge in [-0.25, -0.2) is 4.39 Å². The molecule has 1 saturated carbocycles. The molecule has 1 aromatic heterocycles. The predicted molar refractivity (Wildman–Crippen MR) is 82.3 cm³/mol. The highest BCUT2D eigenvalue weighted by Crippen LogP contribution is 2.21. The standard InChI is InChI=1S/C16H17FN4O/c17-11-5-7-13(8-6-11)19-16(22)14-9-10-15(21-20-14)18-12-3-1-2-4-12/h5-10,12H,1-4H2,(H,18,21)(H,19,22). The van der Waals surface area contributed by atoms with Crippen LogP contribution in [0.15, 0.2) is 36.4 Å². The Morgan fingerprint density at radius 1 is 1.05 bits per heavy atom. The van der Waals surface area contributed by atoms with Gasteiger partial charge >= 0.3 is 0 Å². The summed E-state index contributed by atoms with van der Waals surface area (Å²) in [5.41, 5.74) is 0.739. The summed E-state index contributed by atoms with van der Waals surface area (Å²) in [6.45, 7) is 0. The zero-order chi connectivity index (χ0) is 15.4. The summed E-state index contributed by atoms with van der Waals surface area (Å²) >= 11 is 0. The Labute approximate surface area is 128 Å². The van der Waals surface area contributed by atoms with Crippen molar-refractivity contribution < 1.29 is 9.18 Å². The molecule has 0 unspecified atom stereocenters. The van der Waals surface area contributed by atoms with E-state index in [4.69, 9.17) is 0 Å². The van der Waals surface area contributed by atoms with Crippen molar-refractivity contribution >= 4 is 17.4 Å². The highest BCUT2D eigenvalue weighted by atomic mass is 19.1. The lowest BCUT2D eigenvalue weighted by atomic mass is 10.2. The lowest BCUT2D eigenvalue weighted by Crippen LogP contribution is -2.18. The second kappa shape index (κ2) is 6.51. The minimum absolute atomic E-state index is 0.223. The van der Waals surface area contributed by atoms with Crippen LogP contribution in [-0.2, 0) is 0 Å². The first-order chi connectivity index (χ1) is 10.7. The fourth-order valence-corrected chi connectivity index (χ4v) is 2.54. The zero-order valence-electron chi connectivity index (χ0n) is 12.1. The van der Waals surface area contributed by atoms with Crippen LogP contribution >= 0.6 is 0 Å². The van der Waals surface area contributed by atoms with Crippen molar-refractivity contribution in [2.45, 2.75) is 31.7 Å². The Balaban J connectivity index is 1.61. The fourth-order valence-electron chi connectivity index (χ4n) is 2.54. The zero-order valence-corrected chi connectivity index (χ0v) is 12.1. The van der Waals surface area contributed by atoms with Crippen molar-refractivity contribution in [2.75, 3.05) is 10.6 Å². The summed E-state index contributed by atoms with van der Waals surface area (Å²) in [5, 5.41) is 13.9. The number of amides is 1. The monoisotopic (exact) mass is 300 g/mol. The summed E-state index contributed by atoms with van der Waals surface area (Å²) in [7, 11) is 0. The van der Waals surface area contributed by atoms with E-state index in [-0.39, 0.29) is 17.4 Å². The number of benzene rings is 1. The minimum atomic E-state index is -0.369. The number of hydrogen-bond acceptors (Lipinski definition) is 4. The Morgan fingerprint density at radius 2 is 1.77 bits per heavy atom. The SMILES string of the molecule is O=C(Nc1ccc(F)cc1)c1ccc(NC2CCCC2)nn1. The van der Waals surface area contributed by atoms with Crippen molar-refractivity contribution in [3.63, 3.8) is 0 Å². The van der Waals surface area contributed by atoms with E-state index >= 15 is 0 Å². The van der Waals surface area contributed by atoms with Gasteiger partial charge < -0.3 is 10.6 Å². The van der Waals surface area contributed by atoms with Crippen molar-refractivity contribution in [1.82, 2.24) is 10.2 Å². The molecule has 0 radical (unpaired) electrons. The Bertz CT molecular complexity index is 636. The van der Waals surface area contributed by atoms with Gasteiger partial charge in [0.1, 0.15) is 11.6 Å². The van der Waals surface area contributed by atoms with Gasteiger partial charge in [0, 0.05) is 11.7 Å². The van der Waals surface area contributed by atoms with Gasteiger partial charge in [-0.15, -0.1) is 10.2 Å². The molecule has 3 rings (SSSR count). The van der Waals surface area contributed by atoms with Crippen LogP contribution in [-0.4, -0.2) is 22.1 Å². The molecule has 0 saturated heterocycles. The van der Waals surface area contributed by atoms with Crippen LogP contribution in [0.1, 0.15) is 36.2 Å². The maximum Gasteiger partial charge on any atom is 0.276 e. The molecule has 6 heteroatoms. The molecule has 0 spiro atoms. The maximum atomic E-state index is 12.8. The highest BCUT2D eigenvalue weighted by molar-refractivity contribution is 6.02. The van der Waals surface area contributed by atoms with Crippen molar-refractivity contribution in [3.8, 4) is 0 Å². The van der Waals surface area contributed by atoms with E-state index < -0.39 is 0 Å². The molecule has 0 aliphatic heterocycles. The second-order valence-corrected chi connectivity index (χ2v) is 5.39. The van der Waals surface area contributed by atoms with E-state index in [1.165, 1.54) is 37.1 Å². The Morgan fingerprint density at radius 3 is 2.41 bits per heavy atom. The second-order valence-electron chi connectivity index (χ2n) is 5.39. The van der Waals surface area contributed by atoms with Crippen LogP contribution in [0.2, 0.25) is 0 Å². The highest BCUT2D eigenvalue weighted by Gasteiger charge is 2.15.